The van der Waals surface area contributed by atoms with Gasteiger partial charge in [-0.2, -0.15) is 0 Å². The molecule has 4 nitrogen and oxygen atoms in total. The van der Waals surface area contributed by atoms with E-state index >= 15 is 0 Å². The molecule has 3 aromatic rings. The van der Waals surface area contributed by atoms with Gasteiger partial charge in [0.15, 0.2) is 0 Å². The average molecular weight is 312 g/mol. The Morgan fingerprint density at radius 2 is 2.14 bits per heavy atom. The number of fused-ring (bicyclic) bond motifs is 1. The number of carbonyl (C=O) groups excluding carboxylic acids is 1. The number of pyridine rings is 1. The number of amides is 1. The standard InChI is InChI=1S/C17H16N2O2S/c1-21-16-11-15(19-14-7-3-2-6-13(14)16)17(20)18-9-8-12-5-4-10-22-12/h2-7,10-11H,8-9H2,1H3,(H,18,20). The summed E-state index contributed by atoms with van der Waals surface area (Å²) in [6.45, 7) is 0.593. The molecule has 0 spiro atoms. The van der Waals surface area contributed by atoms with Crippen LogP contribution in [0.1, 0.15) is 15.4 Å². The lowest BCUT2D eigenvalue weighted by Crippen LogP contribution is -2.26. The third-order valence-corrected chi connectivity index (χ3v) is 4.30. The zero-order valence-corrected chi connectivity index (χ0v) is 13.0. The van der Waals surface area contributed by atoms with Crippen molar-refractivity contribution in [2.75, 3.05) is 13.7 Å². The van der Waals surface area contributed by atoms with Gasteiger partial charge in [-0.1, -0.05) is 18.2 Å². The van der Waals surface area contributed by atoms with Crippen molar-refractivity contribution in [1.82, 2.24) is 10.3 Å². The van der Waals surface area contributed by atoms with Crippen molar-refractivity contribution in [3.8, 4) is 5.75 Å². The number of hydrogen-bond acceptors (Lipinski definition) is 4. The second kappa shape index (κ2) is 6.58. The number of nitrogens with one attached hydrogen (secondary N) is 1. The van der Waals surface area contributed by atoms with Crippen molar-refractivity contribution in [3.63, 3.8) is 0 Å². The number of para-hydroxylation sites is 1. The molecule has 0 atom stereocenters. The number of methoxy groups -OCH3 is 1. The van der Waals surface area contributed by atoms with Crippen LogP contribution in [0.4, 0.5) is 0 Å². The summed E-state index contributed by atoms with van der Waals surface area (Å²) in [4.78, 5) is 17.9. The lowest BCUT2D eigenvalue weighted by atomic mass is 10.1. The van der Waals surface area contributed by atoms with E-state index < -0.39 is 0 Å². The highest BCUT2D eigenvalue weighted by Gasteiger charge is 2.12. The molecule has 2 heterocycles. The first-order valence-corrected chi connectivity index (χ1v) is 7.90. The lowest BCUT2D eigenvalue weighted by molar-refractivity contribution is 0.0949. The molecule has 0 radical (unpaired) electrons. The summed E-state index contributed by atoms with van der Waals surface area (Å²) in [7, 11) is 1.60. The van der Waals surface area contributed by atoms with E-state index in [4.69, 9.17) is 4.74 Å². The highest BCUT2D eigenvalue weighted by atomic mass is 32.1. The zero-order valence-electron chi connectivity index (χ0n) is 12.2. The Hall–Kier alpha value is -2.40. The normalized spacial score (nSPS) is 10.6. The quantitative estimate of drug-likeness (QED) is 0.786. The fraction of sp³-hybridized carbons (Fsp3) is 0.176. The number of carbonyl (C=O) groups is 1. The number of aromatic nitrogens is 1. The maximum absolute atomic E-state index is 12.3. The first kappa shape index (κ1) is 14.5. The molecule has 2 aromatic heterocycles. The van der Waals surface area contributed by atoms with Crippen molar-refractivity contribution in [2.45, 2.75) is 6.42 Å². The van der Waals surface area contributed by atoms with Gasteiger partial charge >= 0.3 is 0 Å². The number of nitrogens with zero attached hydrogens (tertiary/aromatic N) is 1. The minimum atomic E-state index is -0.180. The van der Waals surface area contributed by atoms with E-state index in [2.05, 4.69) is 16.4 Å². The van der Waals surface area contributed by atoms with Crippen molar-refractivity contribution in [1.29, 1.82) is 0 Å². The minimum Gasteiger partial charge on any atom is -0.496 e. The van der Waals surface area contributed by atoms with Gasteiger partial charge in [0, 0.05) is 22.9 Å². The summed E-state index contributed by atoms with van der Waals surface area (Å²) in [5.41, 5.74) is 1.13. The first-order chi connectivity index (χ1) is 10.8. The van der Waals surface area contributed by atoms with Gasteiger partial charge in [0.05, 0.1) is 12.6 Å². The van der Waals surface area contributed by atoms with Crippen LogP contribution in [0.15, 0.2) is 47.8 Å². The van der Waals surface area contributed by atoms with Crippen molar-refractivity contribution >= 4 is 28.1 Å². The van der Waals surface area contributed by atoms with Crippen LogP contribution in [-0.4, -0.2) is 24.5 Å². The molecule has 0 aliphatic carbocycles. The van der Waals surface area contributed by atoms with E-state index in [0.717, 1.165) is 17.3 Å². The van der Waals surface area contributed by atoms with E-state index in [1.54, 1.807) is 24.5 Å². The Morgan fingerprint density at radius 1 is 1.27 bits per heavy atom. The Balaban J connectivity index is 1.75. The van der Waals surface area contributed by atoms with Gasteiger partial charge in [0.2, 0.25) is 0 Å². The molecule has 0 aliphatic heterocycles. The number of benzene rings is 1. The number of hydrogen-bond donors (Lipinski definition) is 1. The molecule has 0 aliphatic rings. The predicted octanol–water partition coefficient (Wildman–Crippen LogP) is 3.28. The van der Waals surface area contributed by atoms with Gasteiger partial charge in [-0.25, -0.2) is 4.98 Å². The van der Waals surface area contributed by atoms with Gasteiger partial charge in [0.1, 0.15) is 11.4 Å². The third-order valence-electron chi connectivity index (χ3n) is 3.37. The van der Waals surface area contributed by atoms with Crippen LogP contribution in [0.3, 0.4) is 0 Å². The van der Waals surface area contributed by atoms with E-state index in [0.29, 0.717) is 18.0 Å². The molecular weight excluding hydrogens is 296 g/mol. The SMILES string of the molecule is COc1cc(C(=O)NCCc2cccs2)nc2ccccc12. The average Bonchev–Trinajstić information content (AvgIpc) is 3.07. The molecule has 1 amide bonds. The van der Waals surface area contributed by atoms with Gasteiger partial charge in [-0.3, -0.25) is 4.79 Å². The Morgan fingerprint density at radius 3 is 2.91 bits per heavy atom. The van der Waals surface area contributed by atoms with Crippen LogP contribution in [-0.2, 0) is 6.42 Å². The predicted molar refractivity (Wildman–Crippen MR) is 88.7 cm³/mol. The van der Waals surface area contributed by atoms with E-state index in [9.17, 15) is 4.79 Å². The van der Waals surface area contributed by atoms with Crippen LogP contribution >= 0.6 is 11.3 Å². The lowest BCUT2D eigenvalue weighted by Gasteiger charge is -2.09. The first-order valence-electron chi connectivity index (χ1n) is 7.02. The molecule has 1 aromatic carbocycles. The van der Waals surface area contributed by atoms with E-state index in [1.807, 2.05) is 35.7 Å². The molecule has 0 fully saturated rings. The molecule has 5 heteroatoms. The van der Waals surface area contributed by atoms with Crippen LogP contribution < -0.4 is 10.1 Å². The molecule has 3 rings (SSSR count). The van der Waals surface area contributed by atoms with Crippen molar-refractivity contribution < 1.29 is 9.53 Å². The largest absolute Gasteiger partial charge is 0.496 e. The maximum Gasteiger partial charge on any atom is 0.270 e. The fourth-order valence-corrected chi connectivity index (χ4v) is 2.98. The highest BCUT2D eigenvalue weighted by Crippen LogP contribution is 2.24. The van der Waals surface area contributed by atoms with E-state index in [-0.39, 0.29) is 5.91 Å². The highest BCUT2D eigenvalue weighted by molar-refractivity contribution is 7.09. The fourth-order valence-electron chi connectivity index (χ4n) is 2.27. The van der Waals surface area contributed by atoms with Crippen LogP contribution in [0, 0.1) is 0 Å². The monoisotopic (exact) mass is 312 g/mol. The second-order valence-corrected chi connectivity index (χ2v) is 5.84. The zero-order chi connectivity index (χ0) is 15.4. The second-order valence-electron chi connectivity index (χ2n) is 4.81. The van der Waals surface area contributed by atoms with Gasteiger partial charge in [-0.15, -0.1) is 11.3 Å². The van der Waals surface area contributed by atoms with E-state index in [1.165, 1.54) is 4.88 Å². The number of ether oxygens (including phenoxy) is 1. The Labute approximate surface area is 132 Å². The smallest absolute Gasteiger partial charge is 0.270 e. The molecule has 112 valence electrons. The molecule has 0 saturated heterocycles. The molecular formula is C17H16N2O2S. The maximum atomic E-state index is 12.3. The van der Waals surface area contributed by atoms with Crippen LogP contribution in [0.25, 0.3) is 10.9 Å². The Bertz CT molecular complexity index is 784. The summed E-state index contributed by atoms with van der Waals surface area (Å²) < 4.78 is 5.36. The number of rotatable bonds is 5. The summed E-state index contributed by atoms with van der Waals surface area (Å²) >= 11 is 1.69. The molecule has 0 unspecified atom stereocenters. The number of thiophene rings is 1. The van der Waals surface area contributed by atoms with Gasteiger partial charge < -0.3 is 10.1 Å². The topological polar surface area (TPSA) is 51.2 Å². The molecule has 0 bridgehead atoms. The molecule has 0 saturated carbocycles. The third kappa shape index (κ3) is 3.09. The summed E-state index contributed by atoms with van der Waals surface area (Å²) in [5.74, 6) is 0.481. The van der Waals surface area contributed by atoms with Crippen molar-refractivity contribution in [2.24, 2.45) is 0 Å². The Kier molecular flexibility index (Phi) is 4.34. The minimum absolute atomic E-state index is 0.180. The molecule has 22 heavy (non-hydrogen) atoms. The summed E-state index contributed by atoms with van der Waals surface area (Å²) in [6, 6.07) is 13.4. The van der Waals surface area contributed by atoms with Crippen LogP contribution in [0.5, 0.6) is 5.75 Å². The van der Waals surface area contributed by atoms with Gasteiger partial charge in [0.25, 0.3) is 5.91 Å². The van der Waals surface area contributed by atoms with Crippen LogP contribution in [0.2, 0.25) is 0 Å². The molecule has 1 N–H and O–H groups in total. The summed E-state index contributed by atoms with van der Waals surface area (Å²) in [6.07, 6.45) is 0.828. The van der Waals surface area contributed by atoms with Crippen molar-refractivity contribution in [3.05, 3.63) is 58.4 Å². The van der Waals surface area contributed by atoms with Gasteiger partial charge in [-0.05, 0) is 30.0 Å². The summed E-state index contributed by atoms with van der Waals surface area (Å²) in [5, 5.41) is 5.84.